The van der Waals surface area contributed by atoms with Gasteiger partial charge in [-0.1, -0.05) is 19.9 Å². The Hall–Kier alpha value is -4.42. The van der Waals surface area contributed by atoms with E-state index in [1.807, 2.05) is 27.7 Å². The number of aryl methyl sites for hydroxylation is 3. The van der Waals surface area contributed by atoms with Crippen LogP contribution in [0, 0.1) is 37.5 Å². The van der Waals surface area contributed by atoms with E-state index < -0.39 is 0 Å². The van der Waals surface area contributed by atoms with Crippen molar-refractivity contribution in [2.45, 2.75) is 54.4 Å². The van der Waals surface area contributed by atoms with E-state index in [2.05, 4.69) is 64.5 Å². The molecule has 0 aliphatic carbocycles. The van der Waals surface area contributed by atoms with Crippen LogP contribution in [-0.2, 0) is 0 Å². The lowest BCUT2D eigenvalue weighted by Crippen LogP contribution is -2.29. The number of nitrogens with one attached hydrogen (secondary N) is 5. The quantitative estimate of drug-likeness (QED) is 0.0728. The maximum Gasteiger partial charge on any atom is 0.251 e. The summed E-state index contributed by atoms with van der Waals surface area (Å²) in [6.07, 6.45) is 2.92. The third kappa shape index (κ3) is 9.43. The molecule has 7 N–H and O–H groups in total. The summed E-state index contributed by atoms with van der Waals surface area (Å²) in [6, 6.07) is 13.6. The molecule has 9 nitrogen and oxygen atoms in total. The highest BCUT2D eigenvalue weighted by atomic mass is 16.1. The van der Waals surface area contributed by atoms with Gasteiger partial charge in [-0.25, -0.2) is 4.99 Å². The van der Waals surface area contributed by atoms with Crippen LogP contribution in [0.15, 0.2) is 64.4 Å². The molecule has 0 aromatic heterocycles. The summed E-state index contributed by atoms with van der Waals surface area (Å²) < 4.78 is 0. The summed E-state index contributed by atoms with van der Waals surface area (Å²) in [6.45, 7) is 12.1. The van der Waals surface area contributed by atoms with E-state index in [-0.39, 0.29) is 19.0 Å². The molecular formula is C30H40N8O. The van der Waals surface area contributed by atoms with Crippen molar-refractivity contribution in [2.75, 3.05) is 23.8 Å². The molecule has 0 bridgehead atoms. The number of nitriles is 1. The van der Waals surface area contributed by atoms with Gasteiger partial charge in [0.15, 0.2) is 0 Å². The van der Waals surface area contributed by atoms with E-state index in [0.29, 0.717) is 35.4 Å². The molecule has 206 valence electrons. The average Bonchev–Trinajstić information content (AvgIpc) is 2.89. The number of benzene rings is 2. The number of rotatable bonds is 12. The zero-order valence-electron chi connectivity index (χ0n) is 23.7. The van der Waals surface area contributed by atoms with Crippen LogP contribution in [0.4, 0.5) is 11.4 Å². The number of carbonyl (C=O) groups excluding carboxylic acids is 1. The number of nitrogens with zero attached hydrogens (tertiary/aromatic N) is 2. The first-order chi connectivity index (χ1) is 18.6. The minimum Gasteiger partial charge on any atom is -0.382 e. The van der Waals surface area contributed by atoms with Gasteiger partial charge in [0.2, 0.25) is 0 Å². The van der Waals surface area contributed by atoms with Gasteiger partial charge in [0, 0.05) is 23.1 Å². The smallest absolute Gasteiger partial charge is 0.251 e. The lowest BCUT2D eigenvalue weighted by Gasteiger charge is -2.14. The largest absolute Gasteiger partial charge is 0.382 e. The second-order valence-corrected chi connectivity index (χ2v) is 9.34. The van der Waals surface area contributed by atoms with Crippen LogP contribution in [0.3, 0.4) is 0 Å². The van der Waals surface area contributed by atoms with Crippen molar-refractivity contribution in [1.82, 2.24) is 10.6 Å². The fourth-order valence-corrected chi connectivity index (χ4v) is 4.05. The molecule has 0 aliphatic heterocycles. The second-order valence-electron chi connectivity index (χ2n) is 9.34. The topological polar surface area (TPSA) is 151 Å². The maximum absolute atomic E-state index is 12.6. The summed E-state index contributed by atoms with van der Waals surface area (Å²) >= 11 is 0. The van der Waals surface area contributed by atoms with Crippen LogP contribution < -0.4 is 27.2 Å². The molecule has 0 unspecified atom stereocenters. The average molecular weight is 529 g/mol. The van der Waals surface area contributed by atoms with Gasteiger partial charge in [0.05, 0.1) is 36.1 Å². The van der Waals surface area contributed by atoms with Crippen LogP contribution in [0.25, 0.3) is 0 Å². The third-order valence-corrected chi connectivity index (χ3v) is 6.13. The molecule has 0 atom stereocenters. The first-order valence-corrected chi connectivity index (χ1v) is 13.0. The first kappa shape index (κ1) is 30.8. The number of aliphatic imine (C=N–C) groups is 1. The zero-order valence-corrected chi connectivity index (χ0v) is 23.7. The summed E-state index contributed by atoms with van der Waals surface area (Å²) in [5, 5.41) is 27.6. The molecule has 0 saturated heterocycles. The normalized spacial score (nSPS) is 12.3. The van der Waals surface area contributed by atoms with Gasteiger partial charge < -0.3 is 26.8 Å². The van der Waals surface area contributed by atoms with Crippen LogP contribution in [0.1, 0.15) is 60.7 Å². The highest BCUT2D eigenvalue weighted by molar-refractivity contribution is 6.00. The second kappa shape index (κ2) is 15.1. The number of hydrogen-bond acceptors (Lipinski definition) is 7. The number of allylic oxidation sites excluding steroid dienone is 1. The monoisotopic (exact) mass is 528 g/mol. The summed E-state index contributed by atoms with van der Waals surface area (Å²) in [5.41, 5.74) is 10.3. The highest BCUT2D eigenvalue weighted by Crippen LogP contribution is 2.16. The molecule has 0 heterocycles. The molecule has 39 heavy (non-hydrogen) atoms. The van der Waals surface area contributed by atoms with Gasteiger partial charge in [0.1, 0.15) is 5.84 Å². The van der Waals surface area contributed by atoms with Crippen molar-refractivity contribution in [3.8, 4) is 6.07 Å². The van der Waals surface area contributed by atoms with Crippen molar-refractivity contribution in [3.63, 3.8) is 0 Å². The molecule has 0 fully saturated rings. The van der Waals surface area contributed by atoms with Crippen molar-refractivity contribution >= 4 is 28.8 Å². The van der Waals surface area contributed by atoms with Gasteiger partial charge in [-0.3, -0.25) is 10.6 Å². The van der Waals surface area contributed by atoms with Crippen LogP contribution >= 0.6 is 0 Å². The van der Waals surface area contributed by atoms with Gasteiger partial charge >= 0.3 is 0 Å². The Balaban J connectivity index is 2.04. The number of amidine groups is 1. The zero-order chi connectivity index (χ0) is 28.9. The lowest BCUT2D eigenvalue weighted by molar-refractivity contribution is 0.0957. The fourth-order valence-electron chi connectivity index (χ4n) is 4.05. The van der Waals surface area contributed by atoms with E-state index in [4.69, 9.17) is 11.3 Å². The molecule has 0 spiro atoms. The molecule has 2 aromatic carbocycles. The number of anilines is 2. The number of nitrogens with two attached hydrogens (primary N) is 1. The Morgan fingerprint density at radius 3 is 2.31 bits per heavy atom. The van der Waals surface area contributed by atoms with Gasteiger partial charge in [-0.05, 0) is 93.1 Å². The van der Waals surface area contributed by atoms with Crippen molar-refractivity contribution in [1.29, 1.82) is 10.7 Å². The third-order valence-electron chi connectivity index (χ3n) is 6.13. The van der Waals surface area contributed by atoms with Gasteiger partial charge in [0.25, 0.3) is 5.91 Å². The molecule has 9 heteroatoms. The fraction of sp³-hybridized carbons (Fsp3) is 0.333. The molecule has 1 amide bonds. The maximum atomic E-state index is 12.6. The van der Waals surface area contributed by atoms with E-state index in [1.165, 1.54) is 11.1 Å². The molecule has 2 rings (SSSR count). The van der Waals surface area contributed by atoms with E-state index in [0.717, 1.165) is 28.3 Å². The molecule has 0 aliphatic rings. The number of nitrogen functional groups attached to an aromatic ring is 1. The predicted octanol–water partition coefficient (Wildman–Crippen LogP) is 5.25. The number of amides is 1. The van der Waals surface area contributed by atoms with Crippen LogP contribution in [0.2, 0.25) is 0 Å². The predicted molar refractivity (Wildman–Crippen MR) is 161 cm³/mol. The standard InChI is InChI=1S/C30H40N8O/c1-7-23(16-34-22(6)37-26-12-19(3)11-20(4)13-26)27(32)18-35-28(8-2)25(15-31)17-36-30(39)24-9-10-29(38-33)21(5)14-24/h9-14,16,32,35,38H,7-8,17-18,33H2,1-6H3,(H,34,37)(H,36,39)/b23-16-,28-25+,32-27?. The van der Waals surface area contributed by atoms with E-state index in [9.17, 15) is 10.1 Å². The molecular weight excluding hydrogens is 488 g/mol. The van der Waals surface area contributed by atoms with E-state index >= 15 is 0 Å². The Labute approximate surface area is 231 Å². The van der Waals surface area contributed by atoms with Crippen molar-refractivity contribution in [2.24, 2.45) is 10.8 Å². The van der Waals surface area contributed by atoms with Gasteiger partial charge in [-0.15, -0.1) is 0 Å². The minimum absolute atomic E-state index is 0.0822. The van der Waals surface area contributed by atoms with Crippen LogP contribution in [-0.4, -0.2) is 30.5 Å². The van der Waals surface area contributed by atoms with Crippen LogP contribution in [0.5, 0.6) is 0 Å². The first-order valence-electron chi connectivity index (χ1n) is 13.0. The number of carbonyl (C=O) groups is 1. The lowest BCUT2D eigenvalue weighted by atomic mass is 10.1. The molecule has 0 saturated carbocycles. The highest BCUT2D eigenvalue weighted by Gasteiger charge is 2.12. The Morgan fingerprint density at radius 2 is 1.74 bits per heavy atom. The summed E-state index contributed by atoms with van der Waals surface area (Å²) in [4.78, 5) is 17.1. The molecule has 0 radical (unpaired) electrons. The Morgan fingerprint density at radius 1 is 1.05 bits per heavy atom. The van der Waals surface area contributed by atoms with Crippen molar-refractivity contribution in [3.05, 3.63) is 81.7 Å². The SMILES string of the molecule is CC/C(=C/N=C(\C)Nc1cc(C)cc(C)c1)C(=N)CN/C(CC)=C(\C#N)CNC(=O)c1ccc(NN)c(C)c1. The summed E-state index contributed by atoms with van der Waals surface area (Å²) in [5.74, 6) is 5.91. The summed E-state index contributed by atoms with van der Waals surface area (Å²) in [7, 11) is 0. The van der Waals surface area contributed by atoms with E-state index in [1.54, 1.807) is 24.4 Å². The van der Waals surface area contributed by atoms with Crippen molar-refractivity contribution < 1.29 is 4.79 Å². The Kier molecular flexibility index (Phi) is 11.9. The molecule has 2 aromatic rings. The Bertz CT molecular complexity index is 1310. The van der Waals surface area contributed by atoms with Gasteiger partial charge in [-0.2, -0.15) is 5.26 Å². The minimum atomic E-state index is -0.281. The number of hydrogen-bond donors (Lipinski definition) is 6. The number of hydrazine groups is 1.